The van der Waals surface area contributed by atoms with Gasteiger partial charge >= 0.3 is 0 Å². The van der Waals surface area contributed by atoms with Crippen LogP contribution in [-0.2, 0) is 51.5 Å². The number of methoxy groups -OCH3 is 1. The maximum atomic E-state index is 14.6. The lowest BCUT2D eigenvalue weighted by molar-refractivity contribution is -0.292. The summed E-state index contributed by atoms with van der Waals surface area (Å²) in [4.78, 5) is 14.6. The van der Waals surface area contributed by atoms with Crippen LogP contribution in [0.15, 0.2) is 23.2 Å². The molecule has 8 heterocycles. The van der Waals surface area contributed by atoms with Gasteiger partial charge in [0.25, 0.3) is 0 Å². The number of aliphatic hydroxyl groups excluding tert-OH is 2. The molecule has 2 N–H and O–H groups in total. The zero-order valence-corrected chi connectivity index (χ0v) is 47.2. The van der Waals surface area contributed by atoms with Crippen molar-refractivity contribution in [1.29, 1.82) is 0 Å². The Morgan fingerprint density at radius 2 is 1.56 bits per heavy atom. The van der Waals surface area contributed by atoms with Gasteiger partial charge in [0.05, 0.1) is 67.6 Å². The zero-order chi connectivity index (χ0) is 49.7. The smallest absolute Gasteiger partial charge is 0.192 e. The molecule has 8 saturated heterocycles. The highest BCUT2D eigenvalue weighted by molar-refractivity contribution is 9.11. The molecule has 8 aliphatic rings. The molecule has 0 radical (unpaired) electrons. The van der Waals surface area contributed by atoms with Gasteiger partial charge in [0.15, 0.2) is 22.4 Å². The Balaban J connectivity index is 1.08. The second-order valence-corrected chi connectivity index (χ2v) is 35.4. The SMILES string of the molecule is C=C(Br)C[C@@H](O)CC[C@@]12C[C@@H]3O[C@@H]4[C@@H](O1)[C@H]1O[C@H](CC(=O)C[C@@H]5[C@@H](OC)[C@@H](C[C@@H](CO[Si](C)(C)C(C)(C)C)O[Si](C)(C)C(C)(C)C)O[C@H]5C[C@H]5O[C@@H](CCCO)C[C@@H](C)C5=C)CC[C@@H]1O[C@@H]4[C@H]3O2. The van der Waals surface area contributed by atoms with Gasteiger partial charge in [-0.3, -0.25) is 4.79 Å². The highest BCUT2D eigenvalue weighted by Crippen LogP contribution is 2.54. The van der Waals surface area contributed by atoms with E-state index in [4.69, 9.17) is 46.7 Å². The summed E-state index contributed by atoms with van der Waals surface area (Å²) in [6.45, 7) is 33.9. The average Bonchev–Trinajstić information content (AvgIpc) is 3.80. The Kier molecular flexibility index (Phi) is 17.8. The lowest BCUT2D eigenvalue weighted by Crippen LogP contribution is -2.61. The van der Waals surface area contributed by atoms with Crippen LogP contribution in [0.1, 0.15) is 132 Å². The maximum absolute atomic E-state index is 14.6. The molecule has 0 amide bonds. The fraction of sp³-hybridized carbons (Fsp3) is 0.904. The zero-order valence-electron chi connectivity index (χ0n) is 43.6. The molecular formula is C52H89BrO13Si2. The van der Waals surface area contributed by atoms with Gasteiger partial charge in [0.2, 0.25) is 0 Å². The standard InChI is InChI=1S/C52H89BrO13Si2/c1-30-22-35(16-15-21-54)59-40(32(30)3)27-41-38(44(57-10)42(61-41)26-37(66-68(13,14)51(7,8)9)29-58-67(11,12)50(4,5)6)25-34(56)24-36-17-18-39-45(60-36)49-48-47(62-39)46-43(63-48)28-52(64-46,65-49)20-19-33(55)23-31(2)53/h30,33,35-49,54-55H,2-3,15-29H2,1,4-14H3/t30-,33+,35+,36+,37+,38+,39+,40-,41+,42-,43+,44-,45+,46+,47-,48+,49+,52+/m1/s1. The number of hydrogen-bond acceptors (Lipinski definition) is 13. The summed E-state index contributed by atoms with van der Waals surface area (Å²) in [5.41, 5.74) is 1.05. The number of Topliss-reactive ketones (excluding diaryl/α,β-unsaturated/α-hetero) is 1. The quantitative estimate of drug-likeness (QED) is 0.0784. The first-order valence-corrected chi connectivity index (χ1v) is 32.6. The highest BCUT2D eigenvalue weighted by atomic mass is 79.9. The normalized spacial score (nSPS) is 39.2. The number of carbonyl (C=O) groups is 1. The second-order valence-electron chi connectivity index (χ2n) is 24.7. The molecule has 16 heteroatoms. The highest BCUT2D eigenvalue weighted by Gasteiger charge is 2.68. The van der Waals surface area contributed by atoms with Crippen molar-refractivity contribution in [3.63, 3.8) is 0 Å². The molecule has 0 saturated carbocycles. The fourth-order valence-electron chi connectivity index (χ4n) is 11.5. The molecule has 8 fully saturated rings. The number of rotatable bonds is 22. The van der Waals surface area contributed by atoms with Crippen molar-refractivity contribution in [3.8, 4) is 0 Å². The van der Waals surface area contributed by atoms with Gasteiger partial charge in [-0.25, -0.2) is 0 Å². The maximum Gasteiger partial charge on any atom is 0.192 e. The second kappa shape index (κ2) is 21.8. The molecule has 13 nitrogen and oxygen atoms in total. The van der Waals surface area contributed by atoms with Crippen LogP contribution in [0.2, 0.25) is 36.3 Å². The van der Waals surface area contributed by atoms with E-state index in [1.807, 2.05) is 0 Å². The largest absolute Gasteiger partial charge is 0.414 e. The number of hydrogen-bond donors (Lipinski definition) is 2. The summed E-state index contributed by atoms with van der Waals surface area (Å²) < 4.78 is 69.0. The van der Waals surface area contributed by atoms with E-state index in [0.717, 1.165) is 29.3 Å². The van der Waals surface area contributed by atoms with Crippen LogP contribution in [0, 0.1) is 11.8 Å². The molecular weight excluding hydrogens is 969 g/mol. The number of fused-ring (bicyclic) bond motifs is 1. The van der Waals surface area contributed by atoms with E-state index in [1.54, 1.807) is 7.11 Å². The summed E-state index contributed by atoms with van der Waals surface area (Å²) in [7, 11) is -2.63. The summed E-state index contributed by atoms with van der Waals surface area (Å²) in [6, 6.07) is 0. The minimum atomic E-state index is -2.24. The van der Waals surface area contributed by atoms with Crippen LogP contribution in [0.3, 0.4) is 0 Å². The van der Waals surface area contributed by atoms with Gasteiger partial charge in [-0.05, 0) is 90.8 Å². The van der Waals surface area contributed by atoms with Crippen molar-refractivity contribution in [2.45, 2.75) is 266 Å². The number of ketones is 1. The van der Waals surface area contributed by atoms with Crippen molar-refractivity contribution in [1.82, 2.24) is 0 Å². The van der Waals surface area contributed by atoms with Crippen LogP contribution in [0.5, 0.6) is 0 Å². The molecule has 0 aliphatic carbocycles. The Morgan fingerprint density at radius 3 is 2.22 bits per heavy atom. The van der Waals surface area contributed by atoms with Crippen LogP contribution in [0.4, 0.5) is 0 Å². The molecule has 390 valence electrons. The van der Waals surface area contributed by atoms with Gasteiger partial charge in [-0.15, -0.1) is 0 Å². The van der Waals surface area contributed by atoms with Crippen LogP contribution in [-0.4, -0.2) is 150 Å². The average molecular weight is 1060 g/mol. The third-order valence-corrected chi connectivity index (χ3v) is 26.9. The minimum absolute atomic E-state index is 0.0113. The molecule has 6 bridgehead atoms. The number of carbonyl (C=O) groups excluding carboxylic acids is 1. The van der Waals surface area contributed by atoms with Gasteiger partial charge in [0.1, 0.15) is 36.3 Å². The van der Waals surface area contributed by atoms with Crippen molar-refractivity contribution in [2.24, 2.45) is 11.8 Å². The molecule has 0 aromatic rings. The van der Waals surface area contributed by atoms with E-state index in [-0.39, 0.29) is 120 Å². The molecule has 8 aliphatic heterocycles. The van der Waals surface area contributed by atoms with Gasteiger partial charge < -0.3 is 57.0 Å². The molecule has 0 spiro atoms. The molecule has 8 rings (SSSR count). The minimum Gasteiger partial charge on any atom is -0.414 e. The van der Waals surface area contributed by atoms with E-state index < -0.39 is 40.7 Å². The van der Waals surface area contributed by atoms with E-state index in [1.165, 1.54) is 0 Å². The van der Waals surface area contributed by atoms with E-state index in [0.29, 0.717) is 58.0 Å². The van der Waals surface area contributed by atoms with E-state index >= 15 is 0 Å². The van der Waals surface area contributed by atoms with Crippen LogP contribution >= 0.6 is 15.9 Å². The monoisotopic (exact) mass is 1060 g/mol. The molecule has 0 aromatic heterocycles. The predicted octanol–water partition coefficient (Wildman–Crippen LogP) is 9.46. The van der Waals surface area contributed by atoms with Gasteiger partial charge in [-0.1, -0.05) is 77.6 Å². The first-order chi connectivity index (χ1) is 31.7. The summed E-state index contributed by atoms with van der Waals surface area (Å²) >= 11 is 3.38. The van der Waals surface area contributed by atoms with Crippen molar-refractivity contribution in [2.75, 3.05) is 20.3 Å². The van der Waals surface area contributed by atoms with Crippen LogP contribution in [0.25, 0.3) is 0 Å². The number of ether oxygens (including phenoxy) is 8. The Bertz CT molecular complexity index is 1750. The Morgan fingerprint density at radius 1 is 0.882 bits per heavy atom. The fourth-order valence-corrected chi connectivity index (χ4v) is 14.3. The number of aliphatic hydroxyl groups is 2. The number of halogens is 1. The molecule has 0 unspecified atom stereocenters. The lowest BCUT2D eigenvalue weighted by Gasteiger charge is -2.47. The molecule has 68 heavy (non-hydrogen) atoms. The summed E-state index contributed by atoms with van der Waals surface area (Å²) in [6.07, 6.45) is 3.03. The summed E-state index contributed by atoms with van der Waals surface area (Å²) in [5.74, 6) is -0.797. The van der Waals surface area contributed by atoms with Crippen molar-refractivity contribution in [3.05, 3.63) is 23.2 Å². The first kappa shape index (κ1) is 55.3. The van der Waals surface area contributed by atoms with E-state index in [9.17, 15) is 15.0 Å². The van der Waals surface area contributed by atoms with Crippen molar-refractivity contribution >= 4 is 38.3 Å². The van der Waals surface area contributed by atoms with Crippen molar-refractivity contribution < 1.29 is 61.8 Å². The topological polar surface area (TPSA) is 150 Å². The Hall–Kier alpha value is -0.416. The molecule has 18 atom stereocenters. The third kappa shape index (κ3) is 12.4. The lowest BCUT2D eigenvalue weighted by atomic mass is 9.81. The molecule has 0 aromatic carbocycles. The van der Waals surface area contributed by atoms with E-state index in [2.05, 4.69) is 104 Å². The Labute approximate surface area is 419 Å². The van der Waals surface area contributed by atoms with Crippen LogP contribution < -0.4 is 0 Å². The first-order valence-electron chi connectivity index (χ1n) is 26.0. The van der Waals surface area contributed by atoms with Gasteiger partial charge in [-0.2, -0.15) is 0 Å². The van der Waals surface area contributed by atoms with Gasteiger partial charge in [0, 0.05) is 64.6 Å². The predicted molar refractivity (Wildman–Crippen MR) is 270 cm³/mol. The third-order valence-electron chi connectivity index (χ3n) is 17.5. The summed E-state index contributed by atoms with van der Waals surface area (Å²) in [5, 5.41) is 20.4.